The van der Waals surface area contributed by atoms with E-state index in [1.807, 2.05) is 0 Å². The topological polar surface area (TPSA) is 130 Å². The minimum Gasteiger partial charge on any atom is -0.481 e. The first-order valence-corrected chi connectivity index (χ1v) is 7.21. The molecule has 0 aliphatic carbocycles. The second kappa shape index (κ2) is 6.48. The van der Waals surface area contributed by atoms with Crippen LogP contribution in [0.2, 0.25) is 0 Å². The Labute approximate surface area is 116 Å². The van der Waals surface area contributed by atoms with E-state index in [9.17, 15) is 18.0 Å². The molecule has 0 saturated heterocycles. The Morgan fingerprint density at radius 1 is 1.50 bits per heavy atom. The number of aryl methyl sites for hydroxylation is 1. The first kappa shape index (κ1) is 16.1. The fourth-order valence-corrected chi connectivity index (χ4v) is 2.52. The van der Waals surface area contributed by atoms with Gasteiger partial charge >= 0.3 is 5.97 Å². The summed E-state index contributed by atoms with van der Waals surface area (Å²) in [5, 5.41) is 14.5. The number of aromatic nitrogens is 2. The molecule has 1 heterocycles. The van der Waals surface area contributed by atoms with E-state index >= 15 is 0 Å². The van der Waals surface area contributed by atoms with E-state index in [0.717, 1.165) is 6.20 Å². The number of carbonyl (C=O) groups excluding carboxylic acids is 1. The molecule has 0 saturated carbocycles. The highest BCUT2D eigenvalue weighted by Crippen LogP contribution is 2.06. The number of amides is 1. The summed E-state index contributed by atoms with van der Waals surface area (Å²) in [4.78, 5) is 21.8. The van der Waals surface area contributed by atoms with Crippen LogP contribution in [-0.2, 0) is 26.7 Å². The highest BCUT2D eigenvalue weighted by atomic mass is 32.2. The van der Waals surface area contributed by atoms with Crippen LogP contribution in [0, 0.1) is 0 Å². The molecule has 0 fully saturated rings. The third kappa shape index (κ3) is 4.63. The highest BCUT2D eigenvalue weighted by molar-refractivity contribution is 7.89. The van der Waals surface area contributed by atoms with Gasteiger partial charge in [-0.1, -0.05) is 0 Å². The Kier molecular flexibility index (Phi) is 5.22. The number of carbonyl (C=O) groups is 2. The molecular weight excluding hydrogens is 288 g/mol. The summed E-state index contributed by atoms with van der Waals surface area (Å²) < 4.78 is 27.3. The van der Waals surface area contributed by atoms with Crippen molar-refractivity contribution in [1.82, 2.24) is 19.8 Å². The van der Waals surface area contributed by atoms with Crippen LogP contribution in [0.25, 0.3) is 0 Å². The second-order valence-corrected chi connectivity index (χ2v) is 5.84. The van der Waals surface area contributed by atoms with Crippen LogP contribution < -0.4 is 10.0 Å². The van der Waals surface area contributed by atoms with Gasteiger partial charge in [0.15, 0.2) is 0 Å². The van der Waals surface area contributed by atoms with Crippen molar-refractivity contribution in [1.29, 1.82) is 0 Å². The smallest absolute Gasteiger partial charge is 0.305 e. The molecular formula is C10H16N4O5S. The van der Waals surface area contributed by atoms with Crippen LogP contribution in [-0.4, -0.2) is 47.8 Å². The molecule has 0 aromatic carbocycles. The summed E-state index contributed by atoms with van der Waals surface area (Å²) in [7, 11) is -2.27. The number of hydrogen-bond donors (Lipinski definition) is 3. The Morgan fingerprint density at radius 2 is 2.15 bits per heavy atom. The van der Waals surface area contributed by atoms with Gasteiger partial charge in [-0.2, -0.15) is 9.82 Å². The Morgan fingerprint density at radius 3 is 2.65 bits per heavy atom. The molecule has 3 N–H and O–H groups in total. The van der Waals surface area contributed by atoms with E-state index in [1.165, 1.54) is 17.8 Å². The van der Waals surface area contributed by atoms with Crippen molar-refractivity contribution < 1.29 is 23.1 Å². The van der Waals surface area contributed by atoms with Gasteiger partial charge in [-0.05, 0) is 6.92 Å². The maximum Gasteiger partial charge on any atom is 0.305 e. The van der Waals surface area contributed by atoms with Gasteiger partial charge in [0.05, 0.1) is 18.7 Å². The molecule has 1 aromatic rings. The SMILES string of the molecule is CC(NS(=O)(=O)c1cnn(C)c1)C(=O)NCCC(=O)O. The number of sulfonamides is 1. The van der Waals surface area contributed by atoms with Crippen molar-refractivity contribution in [2.24, 2.45) is 7.05 Å². The molecule has 1 unspecified atom stereocenters. The van der Waals surface area contributed by atoms with Gasteiger partial charge in [0.1, 0.15) is 4.90 Å². The average Bonchev–Trinajstić information content (AvgIpc) is 2.75. The Balaban J connectivity index is 2.58. The zero-order valence-electron chi connectivity index (χ0n) is 11.0. The highest BCUT2D eigenvalue weighted by Gasteiger charge is 2.22. The number of hydrogen-bond acceptors (Lipinski definition) is 5. The van der Waals surface area contributed by atoms with Crippen LogP contribution in [0.4, 0.5) is 0 Å². The lowest BCUT2D eigenvalue weighted by Crippen LogP contribution is -2.45. The van der Waals surface area contributed by atoms with Crippen LogP contribution in [0.3, 0.4) is 0 Å². The van der Waals surface area contributed by atoms with E-state index in [4.69, 9.17) is 5.11 Å². The largest absolute Gasteiger partial charge is 0.481 e. The second-order valence-electron chi connectivity index (χ2n) is 4.13. The number of nitrogens with one attached hydrogen (secondary N) is 2. The summed E-state index contributed by atoms with van der Waals surface area (Å²) in [6.07, 6.45) is 2.24. The molecule has 0 aliphatic heterocycles. The minimum absolute atomic E-state index is 0.0508. The van der Waals surface area contributed by atoms with Gasteiger partial charge < -0.3 is 10.4 Å². The maximum absolute atomic E-state index is 11.9. The lowest BCUT2D eigenvalue weighted by molar-refractivity contribution is -0.136. The van der Waals surface area contributed by atoms with Crippen molar-refractivity contribution in [3.8, 4) is 0 Å². The quantitative estimate of drug-likeness (QED) is 0.572. The minimum atomic E-state index is -3.84. The summed E-state index contributed by atoms with van der Waals surface area (Å²) in [5.41, 5.74) is 0. The molecule has 10 heteroatoms. The zero-order valence-corrected chi connectivity index (χ0v) is 11.8. The van der Waals surface area contributed by atoms with Crippen molar-refractivity contribution in [3.63, 3.8) is 0 Å². The molecule has 1 amide bonds. The molecule has 0 spiro atoms. The van der Waals surface area contributed by atoms with Gasteiger partial charge in [-0.25, -0.2) is 8.42 Å². The van der Waals surface area contributed by atoms with Crippen molar-refractivity contribution in [2.45, 2.75) is 24.3 Å². The van der Waals surface area contributed by atoms with E-state index in [2.05, 4.69) is 15.1 Å². The first-order valence-electron chi connectivity index (χ1n) is 5.73. The number of rotatable bonds is 7. The van der Waals surface area contributed by atoms with Gasteiger partial charge in [0.25, 0.3) is 0 Å². The Hall–Kier alpha value is -1.94. The molecule has 1 atom stereocenters. The fraction of sp³-hybridized carbons (Fsp3) is 0.500. The van der Waals surface area contributed by atoms with Gasteiger partial charge in [-0.3, -0.25) is 14.3 Å². The van der Waals surface area contributed by atoms with Gasteiger partial charge in [-0.15, -0.1) is 0 Å². The van der Waals surface area contributed by atoms with Crippen molar-refractivity contribution >= 4 is 21.9 Å². The zero-order chi connectivity index (χ0) is 15.3. The van der Waals surface area contributed by atoms with Crippen LogP contribution >= 0.6 is 0 Å². The summed E-state index contributed by atoms with van der Waals surface area (Å²) in [5.74, 6) is -1.65. The number of aliphatic carboxylic acids is 1. The lowest BCUT2D eigenvalue weighted by atomic mass is 10.3. The molecule has 20 heavy (non-hydrogen) atoms. The predicted octanol–water partition coefficient (Wildman–Crippen LogP) is -1.32. The number of carboxylic acid groups (broad SMARTS) is 1. The van der Waals surface area contributed by atoms with E-state index in [-0.39, 0.29) is 17.9 Å². The van der Waals surface area contributed by atoms with Crippen molar-refractivity contribution in [2.75, 3.05) is 6.54 Å². The molecule has 9 nitrogen and oxygen atoms in total. The molecule has 0 radical (unpaired) electrons. The van der Waals surface area contributed by atoms with Gasteiger partial charge in [0, 0.05) is 19.8 Å². The monoisotopic (exact) mass is 304 g/mol. The molecule has 1 rings (SSSR count). The summed E-state index contributed by atoms with van der Waals surface area (Å²) >= 11 is 0. The summed E-state index contributed by atoms with van der Waals surface area (Å²) in [6, 6.07) is -1.02. The number of carboxylic acids is 1. The maximum atomic E-state index is 11.9. The third-order valence-electron chi connectivity index (χ3n) is 2.35. The molecule has 112 valence electrons. The predicted molar refractivity (Wildman–Crippen MR) is 68.3 cm³/mol. The molecule has 0 aliphatic rings. The van der Waals surface area contributed by atoms with E-state index in [0.29, 0.717) is 0 Å². The van der Waals surface area contributed by atoms with Crippen LogP contribution in [0.15, 0.2) is 17.3 Å². The molecule has 0 bridgehead atoms. The van der Waals surface area contributed by atoms with Crippen molar-refractivity contribution in [3.05, 3.63) is 12.4 Å². The fourth-order valence-electron chi connectivity index (χ4n) is 1.34. The summed E-state index contributed by atoms with van der Waals surface area (Å²) in [6.45, 7) is 1.30. The average molecular weight is 304 g/mol. The van der Waals surface area contributed by atoms with Crippen LogP contribution in [0.5, 0.6) is 0 Å². The lowest BCUT2D eigenvalue weighted by Gasteiger charge is -2.13. The molecule has 1 aromatic heterocycles. The third-order valence-corrected chi connectivity index (χ3v) is 3.85. The normalized spacial score (nSPS) is 12.9. The first-order chi connectivity index (χ1) is 9.22. The van der Waals surface area contributed by atoms with E-state index < -0.39 is 27.9 Å². The van der Waals surface area contributed by atoms with Crippen LogP contribution in [0.1, 0.15) is 13.3 Å². The number of nitrogens with zero attached hydrogens (tertiary/aromatic N) is 2. The van der Waals surface area contributed by atoms with E-state index in [1.54, 1.807) is 7.05 Å². The standard InChI is InChI=1S/C10H16N4O5S/c1-7(10(17)11-4-3-9(15)16)13-20(18,19)8-5-12-14(2)6-8/h5-7,13H,3-4H2,1-2H3,(H,11,17)(H,15,16). The Bertz CT molecular complexity index is 595. The van der Waals surface area contributed by atoms with Gasteiger partial charge in [0.2, 0.25) is 15.9 Å².